The summed E-state index contributed by atoms with van der Waals surface area (Å²) in [5, 5.41) is 24.8. The molecule has 0 radical (unpaired) electrons. The summed E-state index contributed by atoms with van der Waals surface area (Å²) in [6.07, 6.45) is 0.585. The molecule has 8 nitrogen and oxygen atoms in total. The summed E-state index contributed by atoms with van der Waals surface area (Å²) in [5.74, 6) is -0.351. The van der Waals surface area contributed by atoms with E-state index >= 15 is 0 Å². The quantitative estimate of drug-likeness (QED) is 0.616. The highest BCUT2D eigenvalue weighted by Crippen LogP contribution is 2.23. The van der Waals surface area contributed by atoms with E-state index < -0.39 is 12.1 Å². The van der Waals surface area contributed by atoms with Crippen molar-refractivity contribution in [1.82, 2.24) is 20.6 Å². The molecular formula is C13H13FN6O2. The van der Waals surface area contributed by atoms with Gasteiger partial charge >= 0.3 is 0 Å². The average molecular weight is 304 g/mol. The van der Waals surface area contributed by atoms with Crippen molar-refractivity contribution in [1.29, 1.82) is 5.26 Å². The first-order chi connectivity index (χ1) is 10.7. The molecule has 22 heavy (non-hydrogen) atoms. The van der Waals surface area contributed by atoms with Crippen molar-refractivity contribution in [2.24, 2.45) is 0 Å². The Hall–Kier alpha value is -2.83. The maximum atomic E-state index is 14.0. The van der Waals surface area contributed by atoms with Gasteiger partial charge in [0.1, 0.15) is 17.5 Å². The molecule has 0 saturated carbocycles. The Morgan fingerprint density at radius 3 is 2.77 bits per heavy atom. The van der Waals surface area contributed by atoms with E-state index in [9.17, 15) is 4.39 Å². The van der Waals surface area contributed by atoms with Crippen LogP contribution < -0.4 is 5.32 Å². The van der Waals surface area contributed by atoms with Crippen LogP contribution in [-0.4, -0.2) is 34.8 Å². The number of benzene rings is 1. The molecule has 114 valence electrons. The van der Waals surface area contributed by atoms with Gasteiger partial charge in [0, 0.05) is 31.7 Å². The molecule has 0 aliphatic heterocycles. The molecule has 1 heterocycles. The third-order valence-electron chi connectivity index (χ3n) is 2.77. The number of methoxy groups -OCH3 is 2. The summed E-state index contributed by atoms with van der Waals surface area (Å²) in [7, 11) is 2.85. The van der Waals surface area contributed by atoms with Crippen molar-refractivity contribution in [3.63, 3.8) is 0 Å². The van der Waals surface area contributed by atoms with E-state index in [4.69, 9.17) is 14.7 Å². The van der Waals surface area contributed by atoms with Crippen LogP contribution in [0.5, 0.6) is 0 Å². The lowest BCUT2D eigenvalue weighted by Crippen LogP contribution is -2.06. The van der Waals surface area contributed by atoms with Crippen molar-refractivity contribution in [3.8, 4) is 6.07 Å². The molecule has 2 N–H and O–H groups in total. The van der Waals surface area contributed by atoms with E-state index in [-0.39, 0.29) is 17.0 Å². The molecule has 0 amide bonds. The van der Waals surface area contributed by atoms with Crippen LogP contribution in [-0.2, 0) is 9.47 Å². The lowest BCUT2D eigenvalue weighted by Gasteiger charge is -2.15. The van der Waals surface area contributed by atoms with Crippen LogP contribution in [0.4, 0.5) is 10.1 Å². The van der Waals surface area contributed by atoms with Crippen molar-refractivity contribution in [3.05, 3.63) is 41.6 Å². The summed E-state index contributed by atoms with van der Waals surface area (Å²) >= 11 is 0. The summed E-state index contributed by atoms with van der Waals surface area (Å²) in [6.45, 7) is 0. The summed E-state index contributed by atoms with van der Waals surface area (Å²) in [5.41, 5.74) is 0.881. The molecule has 0 bridgehead atoms. The van der Waals surface area contributed by atoms with Gasteiger partial charge in [-0.2, -0.15) is 10.5 Å². The van der Waals surface area contributed by atoms with Gasteiger partial charge < -0.3 is 14.8 Å². The van der Waals surface area contributed by atoms with E-state index in [1.165, 1.54) is 32.6 Å². The zero-order chi connectivity index (χ0) is 15.9. The summed E-state index contributed by atoms with van der Waals surface area (Å²) in [6, 6.07) is 6.34. The van der Waals surface area contributed by atoms with Crippen LogP contribution in [0.3, 0.4) is 0 Å². The molecule has 0 atom stereocenters. The normalized spacial score (nSPS) is 11.5. The van der Waals surface area contributed by atoms with Crippen LogP contribution in [0, 0.1) is 17.1 Å². The molecule has 0 fully saturated rings. The first kappa shape index (κ1) is 15.6. The van der Waals surface area contributed by atoms with Crippen LogP contribution in [0.2, 0.25) is 0 Å². The minimum absolute atomic E-state index is 0.144. The molecule has 1 aromatic heterocycles. The van der Waals surface area contributed by atoms with E-state index in [0.717, 1.165) is 0 Å². The zero-order valence-electron chi connectivity index (χ0n) is 11.9. The van der Waals surface area contributed by atoms with Gasteiger partial charge in [0.25, 0.3) is 0 Å². The van der Waals surface area contributed by atoms with Gasteiger partial charge in [-0.1, -0.05) is 0 Å². The summed E-state index contributed by atoms with van der Waals surface area (Å²) in [4.78, 5) is 0. The van der Waals surface area contributed by atoms with Gasteiger partial charge in [0.05, 0.1) is 0 Å². The first-order valence-electron chi connectivity index (χ1n) is 6.15. The van der Waals surface area contributed by atoms with Crippen LogP contribution >= 0.6 is 0 Å². The standard InChI is InChI=1S/C13H13FN6O2/c1-21-13(22-2)10-4-3-9(5-11(10)14)16-7-8(6-15)12-17-19-20-18-12/h3-5,7,13,16H,1-2H3,(H,17,18,19,20). The van der Waals surface area contributed by atoms with Crippen molar-refractivity contribution < 1.29 is 13.9 Å². The minimum Gasteiger partial charge on any atom is -0.360 e. The molecule has 0 aliphatic carbocycles. The number of anilines is 1. The number of hydrogen-bond donors (Lipinski definition) is 2. The van der Waals surface area contributed by atoms with Crippen molar-refractivity contribution in [2.45, 2.75) is 6.29 Å². The maximum Gasteiger partial charge on any atom is 0.216 e. The van der Waals surface area contributed by atoms with Crippen LogP contribution in [0.15, 0.2) is 24.4 Å². The van der Waals surface area contributed by atoms with Crippen LogP contribution in [0.1, 0.15) is 17.7 Å². The fraction of sp³-hybridized carbons (Fsp3) is 0.231. The highest BCUT2D eigenvalue weighted by Gasteiger charge is 2.14. The number of tetrazole rings is 1. The number of aromatic amines is 1. The predicted molar refractivity (Wildman–Crippen MR) is 74.5 cm³/mol. The second-order valence-corrected chi connectivity index (χ2v) is 4.09. The third-order valence-corrected chi connectivity index (χ3v) is 2.77. The van der Waals surface area contributed by atoms with Gasteiger partial charge in [-0.25, -0.2) is 4.39 Å². The first-order valence-corrected chi connectivity index (χ1v) is 6.15. The molecule has 2 aromatic rings. The third kappa shape index (κ3) is 3.43. The Morgan fingerprint density at radius 2 is 2.23 bits per heavy atom. The van der Waals surface area contributed by atoms with Gasteiger partial charge in [-0.05, 0) is 23.4 Å². The largest absolute Gasteiger partial charge is 0.360 e. The smallest absolute Gasteiger partial charge is 0.216 e. The van der Waals surface area contributed by atoms with Crippen LogP contribution in [0.25, 0.3) is 5.57 Å². The number of H-pyrrole nitrogens is 1. The van der Waals surface area contributed by atoms with E-state index in [2.05, 4.69) is 25.9 Å². The number of nitrogens with zero attached hydrogens (tertiary/aromatic N) is 4. The predicted octanol–water partition coefficient (Wildman–Crippen LogP) is 1.61. The Labute approximate surface area is 125 Å². The average Bonchev–Trinajstić information content (AvgIpc) is 3.05. The lowest BCUT2D eigenvalue weighted by atomic mass is 10.2. The molecule has 0 spiro atoms. The highest BCUT2D eigenvalue weighted by atomic mass is 19.1. The molecule has 2 rings (SSSR count). The van der Waals surface area contributed by atoms with Crippen molar-refractivity contribution in [2.75, 3.05) is 19.5 Å². The SMILES string of the molecule is COC(OC)c1ccc(NC=C(C#N)c2nn[nH]n2)cc1F. The lowest BCUT2D eigenvalue weighted by molar-refractivity contribution is -0.107. The Balaban J connectivity index is 2.18. The van der Waals surface area contributed by atoms with Gasteiger partial charge in [-0.15, -0.1) is 10.2 Å². The Morgan fingerprint density at radius 1 is 1.45 bits per heavy atom. The number of nitriles is 1. The van der Waals surface area contributed by atoms with Crippen molar-refractivity contribution >= 4 is 11.3 Å². The second kappa shape index (κ2) is 7.26. The number of nitrogens with one attached hydrogen (secondary N) is 2. The van der Waals surface area contributed by atoms with Gasteiger partial charge in [0.2, 0.25) is 5.82 Å². The fourth-order valence-corrected chi connectivity index (χ4v) is 1.74. The topological polar surface area (TPSA) is 109 Å². The molecule has 9 heteroatoms. The number of hydrogen-bond acceptors (Lipinski definition) is 7. The molecular weight excluding hydrogens is 291 g/mol. The maximum absolute atomic E-state index is 14.0. The fourth-order valence-electron chi connectivity index (χ4n) is 1.74. The monoisotopic (exact) mass is 304 g/mol. The number of allylic oxidation sites excluding steroid dienone is 1. The summed E-state index contributed by atoms with van der Waals surface area (Å²) < 4.78 is 24.0. The number of rotatable bonds is 6. The molecule has 0 aliphatic rings. The Kier molecular flexibility index (Phi) is 5.13. The number of halogens is 1. The number of aromatic nitrogens is 4. The molecule has 0 saturated heterocycles. The van der Waals surface area contributed by atoms with E-state index in [0.29, 0.717) is 5.69 Å². The highest BCUT2D eigenvalue weighted by molar-refractivity contribution is 5.74. The number of ether oxygens (including phenoxy) is 2. The molecule has 0 unspecified atom stereocenters. The minimum atomic E-state index is -0.779. The molecule has 1 aromatic carbocycles. The van der Waals surface area contributed by atoms with Gasteiger partial charge in [0.15, 0.2) is 6.29 Å². The zero-order valence-corrected chi connectivity index (χ0v) is 11.9. The van der Waals surface area contributed by atoms with E-state index in [1.807, 2.05) is 6.07 Å². The second-order valence-electron chi connectivity index (χ2n) is 4.09. The van der Waals surface area contributed by atoms with Gasteiger partial charge in [-0.3, -0.25) is 0 Å². The Bertz CT molecular complexity index is 691. The van der Waals surface area contributed by atoms with E-state index in [1.54, 1.807) is 6.07 Å².